The van der Waals surface area contributed by atoms with Crippen LogP contribution in [-0.2, 0) is 10.0 Å². The fourth-order valence-electron chi connectivity index (χ4n) is 4.63. The van der Waals surface area contributed by atoms with Crippen molar-refractivity contribution >= 4 is 42.6 Å². The highest BCUT2D eigenvalue weighted by atomic mass is 32.2. The predicted molar refractivity (Wildman–Crippen MR) is 154 cm³/mol. The van der Waals surface area contributed by atoms with Gasteiger partial charge in [-0.25, -0.2) is 13.4 Å². The van der Waals surface area contributed by atoms with Crippen LogP contribution in [0.25, 0.3) is 10.2 Å². The summed E-state index contributed by atoms with van der Waals surface area (Å²) in [6.07, 6.45) is 1.73. The van der Waals surface area contributed by atoms with Crippen molar-refractivity contribution in [3.63, 3.8) is 0 Å². The zero-order valence-electron chi connectivity index (χ0n) is 22.7. The fraction of sp³-hybridized carbons (Fsp3) is 0.500. The topological polar surface area (TPSA) is 83.0 Å². The highest BCUT2D eigenvalue weighted by Crippen LogP contribution is 2.32. The zero-order valence-corrected chi connectivity index (χ0v) is 24.4. The Balaban J connectivity index is 1.60. The van der Waals surface area contributed by atoms with Crippen LogP contribution < -0.4 is 9.64 Å². The fourth-order valence-corrected chi connectivity index (χ4v) is 7.12. The van der Waals surface area contributed by atoms with Gasteiger partial charge in [0.25, 0.3) is 5.91 Å². The summed E-state index contributed by atoms with van der Waals surface area (Å²) >= 11 is 1.45. The molecule has 2 aromatic carbocycles. The molecular formula is C28H38N4O4S2. The van der Waals surface area contributed by atoms with Gasteiger partial charge in [0.1, 0.15) is 5.75 Å². The van der Waals surface area contributed by atoms with E-state index in [9.17, 15) is 13.2 Å². The third-order valence-electron chi connectivity index (χ3n) is 7.15. The van der Waals surface area contributed by atoms with Gasteiger partial charge in [-0.1, -0.05) is 32.1 Å². The smallest absolute Gasteiger partial charge is 0.260 e. The Morgan fingerprint density at radius 1 is 1.05 bits per heavy atom. The molecule has 0 radical (unpaired) electrons. The highest BCUT2D eigenvalue weighted by Gasteiger charge is 2.29. The Bertz CT molecular complexity index is 1330. The van der Waals surface area contributed by atoms with E-state index < -0.39 is 10.0 Å². The molecule has 1 aliphatic rings. The van der Waals surface area contributed by atoms with E-state index in [0.29, 0.717) is 49.4 Å². The van der Waals surface area contributed by atoms with Crippen LogP contribution in [-0.4, -0.2) is 74.4 Å². The van der Waals surface area contributed by atoms with Gasteiger partial charge in [0.15, 0.2) is 5.13 Å². The Hall–Kier alpha value is -2.53. The molecule has 0 N–H and O–H groups in total. The van der Waals surface area contributed by atoms with Crippen molar-refractivity contribution in [3.8, 4) is 5.75 Å². The van der Waals surface area contributed by atoms with Gasteiger partial charge in [-0.05, 0) is 81.2 Å². The first-order valence-corrected chi connectivity index (χ1v) is 15.7. The molecule has 4 rings (SSSR count). The molecule has 38 heavy (non-hydrogen) atoms. The number of hydrogen-bond donors (Lipinski definition) is 0. The third-order valence-corrected chi connectivity index (χ3v) is 10.1. The summed E-state index contributed by atoms with van der Waals surface area (Å²) in [6, 6.07) is 12.1. The average Bonchev–Trinajstić information content (AvgIpc) is 3.34. The number of carbonyl (C=O) groups is 1. The van der Waals surface area contributed by atoms with Crippen molar-refractivity contribution in [2.24, 2.45) is 5.92 Å². The molecule has 1 fully saturated rings. The number of fused-ring (bicyclic) bond motifs is 1. The molecular weight excluding hydrogens is 520 g/mol. The van der Waals surface area contributed by atoms with Gasteiger partial charge in [-0.15, -0.1) is 0 Å². The van der Waals surface area contributed by atoms with E-state index in [0.717, 1.165) is 41.9 Å². The van der Waals surface area contributed by atoms with Crippen LogP contribution in [0.5, 0.6) is 5.75 Å². The molecule has 0 aliphatic carbocycles. The van der Waals surface area contributed by atoms with Crippen molar-refractivity contribution in [3.05, 3.63) is 48.0 Å². The van der Waals surface area contributed by atoms with E-state index in [1.54, 1.807) is 33.5 Å². The zero-order chi connectivity index (χ0) is 27.3. The van der Waals surface area contributed by atoms with Crippen molar-refractivity contribution in [1.82, 2.24) is 14.2 Å². The van der Waals surface area contributed by atoms with Gasteiger partial charge >= 0.3 is 0 Å². The monoisotopic (exact) mass is 558 g/mol. The molecule has 10 heteroatoms. The summed E-state index contributed by atoms with van der Waals surface area (Å²) < 4.78 is 34.4. The van der Waals surface area contributed by atoms with Gasteiger partial charge in [0.2, 0.25) is 10.0 Å². The maximum Gasteiger partial charge on any atom is 0.260 e. The SMILES string of the molecule is CCOc1ccc2nc(N(CCN(CC)CC)C(=O)c3ccc(S(=O)(=O)N4CCC(C)CC4)cc3)sc2c1. The molecule has 0 bridgehead atoms. The van der Waals surface area contributed by atoms with Crippen LogP contribution >= 0.6 is 11.3 Å². The van der Waals surface area contributed by atoms with Crippen molar-refractivity contribution in [1.29, 1.82) is 0 Å². The van der Waals surface area contributed by atoms with Crippen LogP contribution in [0.2, 0.25) is 0 Å². The van der Waals surface area contributed by atoms with Gasteiger partial charge in [-0.2, -0.15) is 4.31 Å². The van der Waals surface area contributed by atoms with Crippen molar-refractivity contribution < 1.29 is 17.9 Å². The molecule has 1 aliphatic heterocycles. The lowest BCUT2D eigenvalue weighted by atomic mass is 10.0. The number of ether oxygens (including phenoxy) is 1. The predicted octanol–water partition coefficient (Wildman–Crippen LogP) is 5.10. The maximum absolute atomic E-state index is 13.8. The first kappa shape index (κ1) is 28.5. The minimum absolute atomic E-state index is 0.197. The van der Waals surface area contributed by atoms with Crippen LogP contribution in [0.3, 0.4) is 0 Å². The van der Waals surface area contributed by atoms with E-state index >= 15 is 0 Å². The van der Waals surface area contributed by atoms with E-state index in [-0.39, 0.29) is 10.8 Å². The lowest BCUT2D eigenvalue weighted by Gasteiger charge is -2.29. The summed E-state index contributed by atoms with van der Waals surface area (Å²) in [7, 11) is -3.58. The Morgan fingerprint density at radius 3 is 2.37 bits per heavy atom. The van der Waals surface area contributed by atoms with Crippen molar-refractivity contribution in [2.75, 3.05) is 50.8 Å². The number of nitrogens with zero attached hydrogens (tertiary/aromatic N) is 4. The minimum Gasteiger partial charge on any atom is -0.494 e. The number of aromatic nitrogens is 1. The average molecular weight is 559 g/mol. The number of anilines is 1. The molecule has 1 amide bonds. The second-order valence-corrected chi connectivity index (χ2v) is 12.6. The first-order chi connectivity index (χ1) is 18.3. The second-order valence-electron chi connectivity index (χ2n) is 9.65. The number of likely N-dealkylation sites (N-methyl/N-ethyl adjacent to an activating group) is 1. The molecule has 8 nitrogen and oxygen atoms in total. The standard InChI is InChI=1S/C28H38N4O4S2/c1-5-30(6-2)18-19-32(28-29-25-13-10-23(36-7-3)20-26(25)37-28)27(33)22-8-11-24(12-9-22)38(34,35)31-16-14-21(4)15-17-31/h8-13,20-21H,5-7,14-19H2,1-4H3. The summed E-state index contributed by atoms with van der Waals surface area (Å²) in [5.41, 5.74) is 1.25. The lowest BCUT2D eigenvalue weighted by molar-refractivity contribution is 0.0983. The summed E-state index contributed by atoms with van der Waals surface area (Å²) in [4.78, 5) is 22.7. The summed E-state index contributed by atoms with van der Waals surface area (Å²) in [6.45, 7) is 12.9. The molecule has 0 spiro atoms. The Labute approximate surface area is 230 Å². The molecule has 1 saturated heterocycles. The van der Waals surface area contributed by atoms with Crippen LogP contribution in [0.1, 0.15) is 50.9 Å². The van der Waals surface area contributed by atoms with E-state index in [2.05, 4.69) is 25.7 Å². The molecule has 2 heterocycles. The summed E-state index contributed by atoms with van der Waals surface area (Å²) in [5.74, 6) is 1.12. The van der Waals surface area contributed by atoms with E-state index in [1.165, 1.54) is 11.3 Å². The molecule has 0 saturated carbocycles. The van der Waals surface area contributed by atoms with Crippen LogP contribution in [0, 0.1) is 5.92 Å². The number of hydrogen-bond acceptors (Lipinski definition) is 7. The number of sulfonamides is 1. The van der Waals surface area contributed by atoms with Gasteiger partial charge in [-0.3, -0.25) is 9.69 Å². The first-order valence-electron chi connectivity index (χ1n) is 13.4. The molecule has 206 valence electrons. The molecule has 0 unspecified atom stereocenters. The highest BCUT2D eigenvalue weighted by molar-refractivity contribution is 7.89. The normalized spacial score (nSPS) is 15.3. The lowest BCUT2D eigenvalue weighted by Crippen LogP contribution is -2.39. The Kier molecular flexibility index (Phi) is 9.40. The number of benzene rings is 2. The number of carbonyl (C=O) groups excluding carboxylic acids is 1. The van der Waals surface area contributed by atoms with Gasteiger partial charge in [0, 0.05) is 31.7 Å². The third kappa shape index (κ3) is 6.36. The molecule has 3 aromatic rings. The van der Waals surface area contributed by atoms with E-state index in [4.69, 9.17) is 9.72 Å². The quantitative estimate of drug-likeness (QED) is 0.326. The number of thiazole rings is 1. The number of amides is 1. The number of rotatable bonds is 11. The second kappa shape index (κ2) is 12.5. The Morgan fingerprint density at radius 2 is 1.74 bits per heavy atom. The van der Waals surface area contributed by atoms with Crippen LogP contribution in [0.4, 0.5) is 5.13 Å². The van der Waals surface area contributed by atoms with Crippen molar-refractivity contribution in [2.45, 2.75) is 45.4 Å². The van der Waals surface area contributed by atoms with Gasteiger partial charge < -0.3 is 9.64 Å². The molecule has 1 aromatic heterocycles. The number of piperidine rings is 1. The summed E-state index contributed by atoms with van der Waals surface area (Å²) in [5, 5.41) is 0.616. The molecule has 0 atom stereocenters. The van der Waals surface area contributed by atoms with Crippen LogP contribution in [0.15, 0.2) is 47.4 Å². The van der Waals surface area contributed by atoms with E-state index in [1.807, 2.05) is 25.1 Å². The van der Waals surface area contributed by atoms with Gasteiger partial charge in [0.05, 0.1) is 21.7 Å². The minimum atomic E-state index is -3.58. The maximum atomic E-state index is 13.8. The largest absolute Gasteiger partial charge is 0.494 e.